The first-order valence-corrected chi connectivity index (χ1v) is 7.76. The number of hydrazone groups is 1. The van der Waals surface area contributed by atoms with Crippen LogP contribution in [0.3, 0.4) is 0 Å². The van der Waals surface area contributed by atoms with Crippen molar-refractivity contribution in [2.75, 3.05) is 6.61 Å². The summed E-state index contributed by atoms with van der Waals surface area (Å²) < 4.78 is 5.30. The van der Waals surface area contributed by atoms with Crippen LogP contribution in [0.2, 0.25) is 0 Å². The van der Waals surface area contributed by atoms with E-state index in [0.717, 1.165) is 0 Å². The van der Waals surface area contributed by atoms with Gasteiger partial charge >= 0.3 is 0 Å². The third kappa shape index (κ3) is 3.47. The molecule has 0 fully saturated rings. The minimum Gasteiger partial charge on any atom is -0.484 e. The van der Waals surface area contributed by atoms with Crippen molar-refractivity contribution in [2.24, 2.45) is 11.0 Å². The minimum atomic E-state index is -0.979. The number of carbonyl (C=O) groups excluding carboxylic acids is 3. The summed E-state index contributed by atoms with van der Waals surface area (Å²) in [6.45, 7) is 1.33. The molecule has 0 spiro atoms. The SMILES string of the molecule is C/C(=N\NC(=O)COc1ccccc1)C1C(=O)c2ccccc2C1=O. The van der Waals surface area contributed by atoms with E-state index < -0.39 is 11.8 Å². The molecular weight excluding hydrogens is 320 g/mol. The number of hydrogen-bond donors (Lipinski definition) is 1. The molecule has 6 nitrogen and oxygen atoms in total. The molecule has 0 atom stereocenters. The Labute approximate surface area is 144 Å². The Kier molecular flexibility index (Phi) is 4.70. The van der Waals surface area contributed by atoms with E-state index in [1.54, 1.807) is 55.5 Å². The lowest BCUT2D eigenvalue weighted by Gasteiger charge is -2.08. The molecule has 0 aliphatic heterocycles. The molecule has 1 N–H and O–H groups in total. The van der Waals surface area contributed by atoms with Crippen molar-refractivity contribution in [3.63, 3.8) is 0 Å². The molecule has 0 heterocycles. The molecule has 1 amide bonds. The molecule has 25 heavy (non-hydrogen) atoms. The summed E-state index contributed by atoms with van der Waals surface area (Å²) in [7, 11) is 0. The molecule has 0 unspecified atom stereocenters. The second-order valence-electron chi connectivity index (χ2n) is 5.60. The average molecular weight is 336 g/mol. The summed E-state index contributed by atoms with van der Waals surface area (Å²) in [6.07, 6.45) is 0. The molecular formula is C19H16N2O4. The molecule has 0 saturated carbocycles. The third-order valence-corrected chi connectivity index (χ3v) is 3.87. The Morgan fingerprint density at radius 3 is 2.16 bits per heavy atom. The quantitative estimate of drug-likeness (QED) is 0.515. The number of hydrogen-bond acceptors (Lipinski definition) is 5. The number of benzene rings is 2. The Balaban J connectivity index is 1.62. The van der Waals surface area contributed by atoms with E-state index in [9.17, 15) is 14.4 Å². The van der Waals surface area contributed by atoms with Gasteiger partial charge in [-0.15, -0.1) is 0 Å². The summed E-state index contributed by atoms with van der Waals surface area (Å²) in [5, 5.41) is 3.90. The summed E-state index contributed by atoms with van der Waals surface area (Å²) in [5.41, 5.74) is 3.35. The van der Waals surface area contributed by atoms with Crippen LogP contribution in [-0.2, 0) is 4.79 Å². The van der Waals surface area contributed by atoms with Crippen LogP contribution in [0.1, 0.15) is 27.6 Å². The largest absolute Gasteiger partial charge is 0.484 e. The number of amides is 1. The van der Waals surface area contributed by atoms with Crippen LogP contribution in [0.5, 0.6) is 5.75 Å². The number of ether oxygens (including phenoxy) is 1. The maximum absolute atomic E-state index is 12.4. The summed E-state index contributed by atoms with van der Waals surface area (Å²) in [5.74, 6) is -1.48. The Morgan fingerprint density at radius 2 is 1.56 bits per heavy atom. The van der Waals surface area contributed by atoms with Crippen molar-refractivity contribution < 1.29 is 19.1 Å². The maximum Gasteiger partial charge on any atom is 0.277 e. The number of nitrogens with zero attached hydrogens (tertiary/aromatic N) is 1. The van der Waals surface area contributed by atoms with Crippen LogP contribution in [0.25, 0.3) is 0 Å². The topological polar surface area (TPSA) is 84.8 Å². The van der Waals surface area contributed by atoms with Crippen LogP contribution < -0.4 is 10.2 Å². The number of rotatable bonds is 5. The molecule has 6 heteroatoms. The zero-order chi connectivity index (χ0) is 17.8. The number of ketones is 2. The molecule has 0 radical (unpaired) electrons. The zero-order valence-electron chi connectivity index (χ0n) is 13.6. The van der Waals surface area contributed by atoms with E-state index >= 15 is 0 Å². The average Bonchev–Trinajstić information content (AvgIpc) is 2.90. The summed E-state index contributed by atoms with van der Waals surface area (Å²) in [4.78, 5) is 36.5. The van der Waals surface area contributed by atoms with Gasteiger partial charge in [0, 0.05) is 11.1 Å². The molecule has 0 saturated heterocycles. The van der Waals surface area contributed by atoms with E-state index in [1.165, 1.54) is 0 Å². The highest BCUT2D eigenvalue weighted by atomic mass is 16.5. The summed E-state index contributed by atoms with van der Waals surface area (Å²) in [6, 6.07) is 15.6. The van der Waals surface area contributed by atoms with Gasteiger partial charge in [0.1, 0.15) is 11.7 Å². The molecule has 126 valence electrons. The van der Waals surface area contributed by atoms with Crippen molar-refractivity contribution in [1.82, 2.24) is 5.43 Å². The van der Waals surface area contributed by atoms with Crippen molar-refractivity contribution >= 4 is 23.2 Å². The number of fused-ring (bicyclic) bond motifs is 1. The van der Waals surface area contributed by atoms with E-state index in [1.807, 2.05) is 6.07 Å². The predicted octanol–water partition coefficient (Wildman–Crippen LogP) is 2.25. The van der Waals surface area contributed by atoms with Crippen molar-refractivity contribution in [1.29, 1.82) is 0 Å². The van der Waals surface area contributed by atoms with Gasteiger partial charge in [0.05, 0.1) is 5.71 Å². The number of nitrogens with one attached hydrogen (secondary N) is 1. The lowest BCUT2D eigenvalue weighted by molar-refractivity contribution is -0.123. The van der Waals surface area contributed by atoms with Crippen LogP contribution in [-0.4, -0.2) is 29.8 Å². The van der Waals surface area contributed by atoms with Gasteiger partial charge in [-0.2, -0.15) is 5.10 Å². The second kappa shape index (κ2) is 7.09. The maximum atomic E-state index is 12.4. The first-order chi connectivity index (χ1) is 12.1. The van der Waals surface area contributed by atoms with Crippen LogP contribution in [0, 0.1) is 5.92 Å². The van der Waals surface area contributed by atoms with Gasteiger partial charge in [-0.05, 0) is 19.1 Å². The summed E-state index contributed by atoms with van der Waals surface area (Å²) >= 11 is 0. The number of Topliss-reactive ketones (excluding diaryl/α,β-unsaturated/α-hetero) is 2. The Hall–Kier alpha value is -3.28. The normalized spacial score (nSPS) is 14.4. The third-order valence-electron chi connectivity index (χ3n) is 3.87. The van der Waals surface area contributed by atoms with Gasteiger partial charge in [-0.1, -0.05) is 42.5 Å². The van der Waals surface area contributed by atoms with Crippen LogP contribution in [0.15, 0.2) is 59.7 Å². The molecule has 3 rings (SSSR count). The molecule has 1 aliphatic rings. The van der Waals surface area contributed by atoms with Crippen molar-refractivity contribution in [3.8, 4) is 5.75 Å². The fourth-order valence-corrected chi connectivity index (χ4v) is 2.64. The first kappa shape index (κ1) is 16.6. The van der Waals surface area contributed by atoms with E-state index in [2.05, 4.69) is 10.5 Å². The smallest absolute Gasteiger partial charge is 0.277 e. The lowest BCUT2D eigenvalue weighted by atomic mass is 9.99. The van der Waals surface area contributed by atoms with E-state index in [-0.39, 0.29) is 23.9 Å². The fraction of sp³-hybridized carbons (Fsp3) is 0.158. The standard InChI is InChI=1S/C19H16N2O4/c1-12(17-18(23)14-9-5-6-10-15(14)19(17)24)20-21-16(22)11-25-13-7-3-2-4-8-13/h2-10,17H,11H2,1H3,(H,21,22)/b20-12+. The minimum absolute atomic E-state index is 0.215. The number of carbonyl (C=O) groups is 3. The van der Waals surface area contributed by atoms with E-state index in [0.29, 0.717) is 16.9 Å². The Morgan fingerprint density at radius 1 is 1.00 bits per heavy atom. The highest BCUT2D eigenvalue weighted by molar-refractivity contribution is 6.36. The van der Waals surface area contributed by atoms with Gasteiger partial charge in [0.15, 0.2) is 18.2 Å². The van der Waals surface area contributed by atoms with Crippen LogP contribution in [0.4, 0.5) is 0 Å². The fourth-order valence-electron chi connectivity index (χ4n) is 2.64. The van der Waals surface area contributed by atoms with Gasteiger partial charge in [-0.25, -0.2) is 5.43 Å². The van der Waals surface area contributed by atoms with Crippen LogP contribution >= 0.6 is 0 Å². The molecule has 0 bridgehead atoms. The van der Waals surface area contributed by atoms with Crippen molar-refractivity contribution in [2.45, 2.75) is 6.92 Å². The second-order valence-corrected chi connectivity index (χ2v) is 5.60. The van der Waals surface area contributed by atoms with Gasteiger partial charge in [-0.3, -0.25) is 14.4 Å². The van der Waals surface area contributed by atoms with Gasteiger partial charge in [0.2, 0.25) is 0 Å². The van der Waals surface area contributed by atoms with Crippen molar-refractivity contribution in [3.05, 3.63) is 65.7 Å². The first-order valence-electron chi connectivity index (χ1n) is 7.76. The van der Waals surface area contributed by atoms with Gasteiger partial charge in [0.25, 0.3) is 5.91 Å². The highest BCUT2D eigenvalue weighted by Crippen LogP contribution is 2.27. The lowest BCUT2D eigenvalue weighted by Crippen LogP contribution is -2.29. The zero-order valence-corrected chi connectivity index (χ0v) is 13.6. The monoisotopic (exact) mass is 336 g/mol. The van der Waals surface area contributed by atoms with E-state index in [4.69, 9.17) is 4.74 Å². The molecule has 0 aromatic heterocycles. The highest BCUT2D eigenvalue weighted by Gasteiger charge is 2.40. The predicted molar refractivity (Wildman–Crippen MR) is 91.8 cm³/mol. The number of para-hydroxylation sites is 1. The Bertz CT molecular complexity index is 824. The molecule has 2 aromatic rings. The van der Waals surface area contributed by atoms with Gasteiger partial charge < -0.3 is 4.74 Å². The molecule has 1 aliphatic carbocycles. The molecule has 2 aromatic carbocycles.